The van der Waals surface area contributed by atoms with Crippen molar-refractivity contribution in [2.24, 2.45) is 0 Å². The van der Waals surface area contributed by atoms with Crippen LogP contribution in [0.25, 0.3) is 16.9 Å². The normalized spacial score (nSPS) is 14.5. The Morgan fingerprint density at radius 2 is 1.53 bits per heavy atom. The van der Waals surface area contributed by atoms with Gasteiger partial charge in [-0.2, -0.15) is 13.2 Å². The van der Waals surface area contributed by atoms with E-state index in [0.29, 0.717) is 23.4 Å². The van der Waals surface area contributed by atoms with E-state index in [9.17, 15) is 22.7 Å². The third-order valence-corrected chi connectivity index (χ3v) is 6.95. The summed E-state index contributed by atoms with van der Waals surface area (Å²) >= 11 is 0. The molecule has 0 radical (unpaired) electrons. The van der Waals surface area contributed by atoms with Crippen LogP contribution in [0.3, 0.4) is 0 Å². The Bertz CT molecular complexity index is 1320. The lowest BCUT2D eigenvalue weighted by Gasteiger charge is -2.24. The number of benzene rings is 2. The molecule has 3 nitrogen and oxygen atoms in total. The lowest BCUT2D eigenvalue weighted by molar-refractivity contribution is -0.137. The molecule has 0 unspecified atom stereocenters. The molecule has 0 amide bonds. The molecular weight excluding hydrogens is 468 g/mol. The van der Waals surface area contributed by atoms with E-state index in [2.05, 4.69) is 0 Å². The van der Waals surface area contributed by atoms with Crippen molar-refractivity contribution < 1.29 is 22.7 Å². The Labute approximate surface area is 207 Å². The maximum Gasteiger partial charge on any atom is 0.416 e. The quantitative estimate of drug-likeness (QED) is 0.283. The second kappa shape index (κ2) is 9.90. The number of pyridine rings is 1. The molecule has 2 heterocycles. The number of aromatic nitrogens is 2. The van der Waals surface area contributed by atoms with E-state index >= 15 is 0 Å². The molecule has 0 atom stereocenters. The van der Waals surface area contributed by atoms with Gasteiger partial charge in [-0.25, -0.2) is 9.37 Å². The van der Waals surface area contributed by atoms with E-state index < -0.39 is 11.7 Å². The Hall–Kier alpha value is -3.45. The monoisotopic (exact) mass is 494 g/mol. The summed E-state index contributed by atoms with van der Waals surface area (Å²) in [4.78, 5) is 5.07. The van der Waals surface area contributed by atoms with Gasteiger partial charge in [-0.15, -0.1) is 0 Å². The smallest absolute Gasteiger partial charge is 0.392 e. The molecular formula is C29H26F4N2O. The third-order valence-electron chi connectivity index (χ3n) is 6.95. The number of aliphatic hydroxyl groups excluding tert-OH is 1. The van der Waals surface area contributed by atoms with E-state index in [1.54, 1.807) is 12.1 Å². The van der Waals surface area contributed by atoms with Gasteiger partial charge in [0.15, 0.2) is 0 Å². The molecule has 36 heavy (non-hydrogen) atoms. The van der Waals surface area contributed by atoms with Gasteiger partial charge in [0.25, 0.3) is 0 Å². The predicted molar refractivity (Wildman–Crippen MR) is 130 cm³/mol. The van der Waals surface area contributed by atoms with Crippen LogP contribution >= 0.6 is 0 Å². The molecule has 7 heteroatoms. The first kappa shape index (κ1) is 24.3. The van der Waals surface area contributed by atoms with Gasteiger partial charge < -0.3 is 9.67 Å². The Balaban J connectivity index is 1.74. The zero-order valence-electron chi connectivity index (χ0n) is 19.6. The second-order valence-corrected chi connectivity index (χ2v) is 9.26. The Morgan fingerprint density at radius 3 is 2.11 bits per heavy atom. The molecule has 1 aliphatic rings. The number of hydrogen-bond acceptors (Lipinski definition) is 2. The highest BCUT2D eigenvalue weighted by molar-refractivity contribution is 5.75. The van der Waals surface area contributed by atoms with Crippen LogP contribution in [-0.4, -0.2) is 14.7 Å². The van der Waals surface area contributed by atoms with Crippen LogP contribution in [0.5, 0.6) is 0 Å². The first-order valence-corrected chi connectivity index (χ1v) is 12.1. The van der Waals surface area contributed by atoms with Gasteiger partial charge in [-0.1, -0.05) is 37.1 Å². The molecule has 2 aromatic carbocycles. The molecule has 1 saturated carbocycles. The van der Waals surface area contributed by atoms with Gasteiger partial charge in [0.1, 0.15) is 11.6 Å². The van der Waals surface area contributed by atoms with Crippen LogP contribution < -0.4 is 0 Å². The summed E-state index contributed by atoms with van der Waals surface area (Å²) in [5, 5.41) is 10.5. The van der Waals surface area contributed by atoms with E-state index in [0.717, 1.165) is 60.2 Å². The van der Waals surface area contributed by atoms with Crippen LogP contribution in [0.2, 0.25) is 0 Å². The first-order valence-electron chi connectivity index (χ1n) is 12.1. The van der Waals surface area contributed by atoms with Crippen LogP contribution in [0.4, 0.5) is 17.6 Å². The molecule has 0 bridgehead atoms. The summed E-state index contributed by atoms with van der Waals surface area (Å²) in [6, 6.07) is 15.1. The molecule has 2 aromatic heterocycles. The molecule has 186 valence electrons. The van der Waals surface area contributed by atoms with Crippen molar-refractivity contribution in [1.82, 2.24) is 9.55 Å². The van der Waals surface area contributed by atoms with Gasteiger partial charge in [0.2, 0.25) is 0 Å². The number of rotatable bonds is 6. The maximum absolute atomic E-state index is 13.8. The van der Waals surface area contributed by atoms with Gasteiger partial charge in [-0.3, -0.25) is 0 Å². The highest BCUT2D eigenvalue weighted by Crippen LogP contribution is 2.42. The average Bonchev–Trinajstić information content (AvgIpc) is 3.59. The molecule has 1 aliphatic carbocycles. The van der Waals surface area contributed by atoms with Crippen molar-refractivity contribution in [2.75, 3.05) is 0 Å². The highest BCUT2D eigenvalue weighted by atomic mass is 19.4. The topological polar surface area (TPSA) is 38.0 Å². The fourth-order valence-electron chi connectivity index (χ4n) is 5.21. The zero-order chi connectivity index (χ0) is 25.3. The minimum Gasteiger partial charge on any atom is -0.392 e. The zero-order valence-corrected chi connectivity index (χ0v) is 19.6. The Morgan fingerprint density at radius 1 is 0.889 bits per heavy atom. The minimum absolute atomic E-state index is 0.204. The van der Waals surface area contributed by atoms with E-state index in [-0.39, 0.29) is 18.3 Å². The Kier molecular flexibility index (Phi) is 6.67. The third kappa shape index (κ3) is 4.80. The summed E-state index contributed by atoms with van der Waals surface area (Å²) in [7, 11) is 0. The van der Waals surface area contributed by atoms with Gasteiger partial charge in [-0.05, 0) is 77.9 Å². The molecule has 1 fully saturated rings. The van der Waals surface area contributed by atoms with Gasteiger partial charge >= 0.3 is 6.18 Å². The standard InChI is InChI=1S/C29H26F4N2O/c30-23-13-9-20(10-14-23)26-24(17-19-7-11-22(12-8-19)29(31,32)33)27(21-5-1-2-6-21)34-28(25(26)18-36)35-15-3-4-16-35/h3-4,7-16,21,36H,1-2,5-6,17-18H2. The highest BCUT2D eigenvalue weighted by Gasteiger charge is 2.31. The largest absolute Gasteiger partial charge is 0.416 e. The maximum atomic E-state index is 13.8. The van der Waals surface area contributed by atoms with Crippen LogP contribution in [0.1, 0.15) is 59.5 Å². The molecule has 0 spiro atoms. The fraction of sp³-hybridized carbons (Fsp3) is 0.276. The minimum atomic E-state index is -4.41. The van der Waals surface area contributed by atoms with E-state index in [1.807, 2.05) is 29.1 Å². The van der Waals surface area contributed by atoms with Gasteiger partial charge in [0, 0.05) is 23.9 Å². The second-order valence-electron chi connectivity index (χ2n) is 9.26. The predicted octanol–water partition coefficient (Wildman–Crippen LogP) is 7.44. The summed E-state index contributed by atoms with van der Waals surface area (Å²) in [6.07, 6.45) is 3.78. The fourth-order valence-corrected chi connectivity index (χ4v) is 5.21. The lowest BCUT2D eigenvalue weighted by Crippen LogP contribution is -2.14. The number of hydrogen-bond donors (Lipinski definition) is 1. The average molecular weight is 495 g/mol. The number of nitrogens with zero attached hydrogens (tertiary/aromatic N) is 2. The van der Waals surface area contributed by atoms with E-state index in [1.165, 1.54) is 24.3 Å². The summed E-state index contributed by atoms with van der Waals surface area (Å²) in [5.74, 6) is 0.444. The van der Waals surface area contributed by atoms with Crippen molar-refractivity contribution in [3.05, 3.63) is 107 Å². The summed E-state index contributed by atoms with van der Waals surface area (Å²) in [5.41, 5.74) is 3.88. The number of alkyl halides is 3. The van der Waals surface area contributed by atoms with E-state index in [4.69, 9.17) is 4.98 Å². The molecule has 1 N–H and O–H groups in total. The van der Waals surface area contributed by atoms with Crippen molar-refractivity contribution in [2.45, 2.75) is 50.8 Å². The molecule has 0 aliphatic heterocycles. The number of aliphatic hydroxyl groups is 1. The lowest BCUT2D eigenvalue weighted by atomic mass is 9.86. The van der Waals surface area contributed by atoms with Crippen molar-refractivity contribution >= 4 is 0 Å². The van der Waals surface area contributed by atoms with Crippen molar-refractivity contribution in [3.63, 3.8) is 0 Å². The van der Waals surface area contributed by atoms with Gasteiger partial charge in [0.05, 0.1) is 17.9 Å². The van der Waals surface area contributed by atoms with Crippen LogP contribution in [-0.2, 0) is 19.2 Å². The van der Waals surface area contributed by atoms with Crippen LogP contribution in [0, 0.1) is 5.82 Å². The summed E-state index contributed by atoms with van der Waals surface area (Å²) < 4.78 is 55.1. The van der Waals surface area contributed by atoms with Crippen LogP contribution in [0.15, 0.2) is 73.1 Å². The summed E-state index contributed by atoms with van der Waals surface area (Å²) in [6.45, 7) is -0.293. The molecule has 4 aromatic rings. The molecule has 5 rings (SSSR count). The molecule has 0 saturated heterocycles. The van der Waals surface area contributed by atoms with Crippen molar-refractivity contribution in [1.29, 1.82) is 0 Å². The number of halogens is 4. The van der Waals surface area contributed by atoms with Crippen molar-refractivity contribution in [3.8, 4) is 16.9 Å². The first-order chi connectivity index (χ1) is 17.3. The SMILES string of the molecule is OCc1c(-n2cccc2)nc(C2CCCC2)c(Cc2ccc(C(F)(F)F)cc2)c1-c1ccc(F)cc1.